The van der Waals surface area contributed by atoms with Crippen molar-refractivity contribution in [3.63, 3.8) is 0 Å². The van der Waals surface area contributed by atoms with Gasteiger partial charge in [-0.15, -0.1) is 21.5 Å². The molecule has 0 aliphatic carbocycles. The molecule has 0 aliphatic rings. The molecule has 6 nitrogen and oxygen atoms in total. The van der Waals surface area contributed by atoms with Crippen molar-refractivity contribution >= 4 is 44.9 Å². The fourth-order valence-corrected chi connectivity index (χ4v) is 4.48. The number of halogens is 1. The summed E-state index contributed by atoms with van der Waals surface area (Å²) in [5, 5.41) is 13.0. The van der Waals surface area contributed by atoms with Crippen molar-refractivity contribution in [2.45, 2.75) is 10.2 Å². The lowest BCUT2D eigenvalue weighted by molar-refractivity contribution is 0.447. The van der Waals surface area contributed by atoms with Crippen LogP contribution < -0.4 is 0 Å². The van der Waals surface area contributed by atoms with Crippen LogP contribution in [0.5, 0.6) is 0 Å². The Kier molecular flexibility index (Phi) is 4.16. The first-order chi connectivity index (χ1) is 13.3. The topological polar surface area (TPSA) is 77.8 Å². The van der Waals surface area contributed by atoms with Crippen molar-refractivity contribution in [1.82, 2.24) is 20.2 Å². The standard InChI is InChI=1S/C18H9ClN4O2S2/c19-11-5-3-10(4-6-11)12-8-26-16-14(12)17(21-9-20-16)27-18-23-22-15(25-18)13-2-1-7-24-13/h1-9H. The Balaban J connectivity index is 1.55. The molecule has 1 aromatic carbocycles. The molecule has 0 spiro atoms. The largest absolute Gasteiger partial charge is 0.459 e. The quantitative estimate of drug-likeness (QED) is 0.345. The SMILES string of the molecule is Clc1ccc(-c2csc3ncnc(Sc4nnc(-c5ccco5)o4)c23)cc1. The van der Waals surface area contributed by atoms with Crippen LogP contribution in [-0.2, 0) is 0 Å². The van der Waals surface area contributed by atoms with Crippen LogP contribution in [0.15, 0.2) is 73.5 Å². The Morgan fingerprint density at radius 3 is 2.74 bits per heavy atom. The number of hydrogen-bond donors (Lipinski definition) is 0. The molecule has 0 atom stereocenters. The summed E-state index contributed by atoms with van der Waals surface area (Å²) in [7, 11) is 0. The number of hydrogen-bond acceptors (Lipinski definition) is 8. The van der Waals surface area contributed by atoms with E-state index < -0.39 is 0 Å². The number of nitrogens with zero attached hydrogens (tertiary/aromatic N) is 4. The third-order valence-corrected chi connectivity index (χ3v) is 5.79. The molecule has 132 valence electrons. The lowest BCUT2D eigenvalue weighted by Gasteiger charge is -2.03. The van der Waals surface area contributed by atoms with Crippen molar-refractivity contribution in [2.75, 3.05) is 0 Å². The minimum Gasteiger partial charge on any atom is -0.459 e. The van der Waals surface area contributed by atoms with E-state index in [4.69, 9.17) is 20.4 Å². The smallest absolute Gasteiger partial charge is 0.284 e. The van der Waals surface area contributed by atoms with Crippen molar-refractivity contribution in [3.05, 3.63) is 59.4 Å². The first-order valence-corrected chi connectivity index (χ1v) is 9.89. The van der Waals surface area contributed by atoms with E-state index >= 15 is 0 Å². The summed E-state index contributed by atoms with van der Waals surface area (Å²) >= 11 is 8.87. The van der Waals surface area contributed by atoms with E-state index in [1.807, 2.05) is 24.3 Å². The predicted molar refractivity (Wildman–Crippen MR) is 104 cm³/mol. The van der Waals surface area contributed by atoms with Gasteiger partial charge in [-0.2, -0.15) is 0 Å². The Bertz CT molecular complexity index is 1220. The normalized spacial score (nSPS) is 11.3. The second-order valence-electron chi connectivity index (χ2n) is 5.47. The number of benzene rings is 1. The van der Waals surface area contributed by atoms with Crippen LogP contribution >= 0.6 is 34.7 Å². The molecule has 0 aliphatic heterocycles. The number of fused-ring (bicyclic) bond motifs is 1. The first kappa shape index (κ1) is 16.5. The molecule has 0 saturated heterocycles. The van der Waals surface area contributed by atoms with Gasteiger partial charge < -0.3 is 8.83 Å². The summed E-state index contributed by atoms with van der Waals surface area (Å²) in [6.07, 6.45) is 3.10. The molecule has 0 amide bonds. The summed E-state index contributed by atoms with van der Waals surface area (Å²) in [5.41, 5.74) is 2.09. The molecule has 4 heterocycles. The van der Waals surface area contributed by atoms with Gasteiger partial charge >= 0.3 is 0 Å². The Morgan fingerprint density at radius 1 is 1.04 bits per heavy atom. The highest BCUT2D eigenvalue weighted by Crippen LogP contribution is 2.40. The molecule has 0 unspecified atom stereocenters. The average molecular weight is 413 g/mol. The molecule has 5 aromatic rings. The summed E-state index contributed by atoms with van der Waals surface area (Å²) in [6.45, 7) is 0. The van der Waals surface area contributed by atoms with E-state index in [0.29, 0.717) is 21.9 Å². The van der Waals surface area contributed by atoms with E-state index in [0.717, 1.165) is 26.4 Å². The third-order valence-electron chi connectivity index (χ3n) is 3.81. The minimum absolute atomic E-state index is 0.330. The number of aromatic nitrogens is 4. The van der Waals surface area contributed by atoms with Crippen molar-refractivity contribution < 1.29 is 8.83 Å². The molecule has 0 N–H and O–H groups in total. The molecule has 0 fully saturated rings. The Morgan fingerprint density at radius 2 is 1.93 bits per heavy atom. The second-order valence-corrected chi connectivity index (χ2v) is 7.70. The van der Waals surface area contributed by atoms with E-state index in [1.165, 1.54) is 18.1 Å². The molecule has 0 saturated carbocycles. The maximum absolute atomic E-state index is 6.01. The fraction of sp³-hybridized carbons (Fsp3) is 0. The minimum atomic E-state index is 0.330. The highest BCUT2D eigenvalue weighted by Gasteiger charge is 2.18. The van der Waals surface area contributed by atoms with Gasteiger partial charge in [0.1, 0.15) is 16.2 Å². The maximum atomic E-state index is 6.01. The van der Waals surface area contributed by atoms with E-state index in [-0.39, 0.29) is 0 Å². The molecule has 5 rings (SSSR count). The second kappa shape index (κ2) is 6.80. The zero-order valence-electron chi connectivity index (χ0n) is 13.5. The summed E-state index contributed by atoms with van der Waals surface area (Å²) < 4.78 is 11.0. The van der Waals surface area contributed by atoms with Crippen LogP contribution in [0.3, 0.4) is 0 Å². The molecule has 4 aromatic heterocycles. The summed E-state index contributed by atoms with van der Waals surface area (Å²) in [4.78, 5) is 9.70. The van der Waals surface area contributed by atoms with Gasteiger partial charge in [0, 0.05) is 16.0 Å². The summed E-state index contributed by atoms with van der Waals surface area (Å²) in [6, 6.07) is 11.2. The van der Waals surface area contributed by atoms with Crippen LogP contribution in [0.25, 0.3) is 33.0 Å². The van der Waals surface area contributed by atoms with Gasteiger partial charge in [-0.3, -0.25) is 0 Å². The van der Waals surface area contributed by atoms with Crippen LogP contribution in [0.1, 0.15) is 0 Å². The molecular weight excluding hydrogens is 404 g/mol. The molecule has 27 heavy (non-hydrogen) atoms. The zero-order chi connectivity index (χ0) is 18.2. The maximum Gasteiger partial charge on any atom is 0.284 e. The number of thiophene rings is 1. The van der Waals surface area contributed by atoms with Crippen LogP contribution in [0.4, 0.5) is 0 Å². The lowest BCUT2D eigenvalue weighted by Crippen LogP contribution is -1.86. The summed E-state index contributed by atoms with van der Waals surface area (Å²) in [5.74, 6) is 0.857. The van der Waals surface area contributed by atoms with Gasteiger partial charge in [0.2, 0.25) is 0 Å². The van der Waals surface area contributed by atoms with Crippen LogP contribution in [0, 0.1) is 0 Å². The third kappa shape index (κ3) is 3.12. The molecular formula is C18H9ClN4O2S2. The van der Waals surface area contributed by atoms with Gasteiger partial charge in [0.05, 0.1) is 11.6 Å². The highest BCUT2D eigenvalue weighted by atomic mass is 35.5. The van der Waals surface area contributed by atoms with Crippen LogP contribution in [-0.4, -0.2) is 20.2 Å². The van der Waals surface area contributed by atoms with Crippen molar-refractivity contribution in [3.8, 4) is 22.8 Å². The Labute approximate surface area is 166 Å². The van der Waals surface area contributed by atoms with Crippen molar-refractivity contribution in [1.29, 1.82) is 0 Å². The van der Waals surface area contributed by atoms with Crippen LogP contribution in [0.2, 0.25) is 5.02 Å². The molecule has 0 bridgehead atoms. The monoisotopic (exact) mass is 412 g/mol. The molecule has 0 radical (unpaired) electrons. The molecule has 9 heteroatoms. The van der Waals surface area contributed by atoms with Gasteiger partial charge in [-0.1, -0.05) is 23.7 Å². The lowest BCUT2D eigenvalue weighted by atomic mass is 10.1. The first-order valence-electron chi connectivity index (χ1n) is 7.81. The number of rotatable bonds is 4. The van der Waals surface area contributed by atoms with Gasteiger partial charge in [0.15, 0.2) is 5.76 Å². The Hall–Kier alpha value is -2.68. The van der Waals surface area contributed by atoms with E-state index in [9.17, 15) is 0 Å². The average Bonchev–Trinajstić information content (AvgIpc) is 3.43. The van der Waals surface area contributed by atoms with E-state index in [1.54, 1.807) is 29.7 Å². The number of furan rings is 1. The van der Waals surface area contributed by atoms with Gasteiger partial charge in [-0.05, 0) is 41.6 Å². The predicted octanol–water partition coefficient (Wildman–Crippen LogP) is 5.81. The van der Waals surface area contributed by atoms with Crippen molar-refractivity contribution in [2.24, 2.45) is 0 Å². The van der Waals surface area contributed by atoms with E-state index in [2.05, 4.69) is 25.5 Å². The van der Waals surface area contributed by atoms with Gasteiger partial charge in [-0.25, -0.2) is 9.97 Å². The van der Waals surface area contributed by atoms with Gasteiger partial charge in [0.25, 0.3) is 11.1 Å². The highest BCUT2D eigenvalue weighted by molar-refractivity contribution is 7.99. The fourth-order valence-electron chi connectivity index (χ4n) is 2.60. The zero-order valence-corrected chi connectivity index (χ0v) is 15.9.